The number of benzene rings is 1. The molecular formula is C18H28N2O4S. The molecule has 2 rings (SSSR count). The second kappa shape index (κ2) is 8.19. The molecule has 1 aliphatic heterocycles. The number of carbonyl (C=O) groups is 1. The van der Waals surface area contributed by atoms with Crippen molar-refractivity contribution >= 4 is 15.9 Å². The average molecular weight is 368 g/mol. The summed E-state index contributed by atoms with van der Waals surface area (Å²) in [6.45, 7) is 7.09. The Kier molecular flexibility index (Phi) is 6.46. The van der Waals surface area contributed by atoms with Crippen LogP contribution in [-0.2, 0) is 14.8 Å². The zero-order valence-corrected chi connectivity index (χ0v) is 16.2. The number of carbonyl (C=O) groups excluding carboxylic acids is 1. The van der Waals surface area contributed by atoms with E-state index in [1.165, 1.54) is 16.1 Å². The molecule has 7 heteroatoms. The van der Waals surface area contributed by atoms with E-state index in [0.29, 0.717) is 26.0 Å². The van der Waals surface area contributed by atoms with Crippen LogP contribution in [0.1, 0.15) is 30.9 Å². The lowest BCUT2D eigenvalue weighted by Crippen LogP contribution is -2.47. The molecule has 140 valence electrons. The Labute approximate surface area is 150 Å². The van der Waals surface area contributed by atoms with Crippen LogP contribution in [-0.4, -0.2) is 50.6 Å². The molecule has 0 spiro atoms. The largest absolute Gasteiger partial charge is 0.491 e. The number of aryl methyl sites for hydroxylation is 2. The monoisotopic (exact) mass is 368 g/mol. The molecule has 1 aromatic carbocycles. The van der Waals surface area contributed by atoms with Gasteiger partial charge in [-0.3, -0.25) is 4.79 Å². The van der Waals surface area contributed by atoms with Crippen LogP contribution < -0.4 is 10.1 Å². The third kappa shape index (κ3) is 5.71. The number of hydrogen-bond acceptors (Lipinski definition) is 4. The highest BCUT2D eigenvalue weighted by Crippen LogP contribution is 2.19. The molecule has 6 nitrogen and oxygen atoms in total. The number of ether oxygens (including phenoxy) is 1. The molecular weight excluding hydrogens is 340 g/mol. The SMILES string of the molecule is Cc1ccc(OC[C@H](C)NC(=O)[C@H]2CCCN(S(C)(=O)=O)C2)cc1C. The first-order valence-electron chi connectivity index (χ1n) is 8.62. The van der Waals surface area contributed by atoms with Crippen molar-refractivity contribution in [3.8, 4) is 5.75 Å². The summed E-state index contributed by atoms with van der Waals surface area (Å²) in [5.41, 5.74) is 2.37. The van der Waals surface area contributed by atoms with E-state index in [9.17, 15) is 13.2 Å². The fourth-order valence-electron chi connectivity index (χ4n) is 2.88. The van der Waals surface area contributed by atoms with Crippen LogP contribution in [0.2, 0.25) is 0 Å². The van der Waals surface area contributed by atoms with Crippen molar-refractivity contribution in [2.75, 3.05) is 26.0 Å². The minimum atomic E-state index is -3.25. The lowest BCUT2D eigenvalue weighted by atomic mass is 9.98. The molecule has 1 heterocycles. The van der Waals surface area contributed by atoms with Crippen molar-refractivity contribution < 1.29 is 17.9 Å². The maximum absolute atomic E-state index is 12.4. The number of amides is 1. The van der Waals surface area contributed by atoms with Gasteiger partial charge in [-0.25, -0.2) is 12.7 Å². The summed E-state index contributed by atoms with van der Waals surface area (Å²) in [7, 11) is -3.25. The van der Waals surface area contributed by atoms with E-state index in [2.05, 4.69) is 5.32 Å². The predicted octanol–water partition coefficient (Wildman–Crippen LogP) is 1.86. The van der Waals surface area contributed by atoms with Crippen molar-refractivity contribution in [2.45, 2.75) is 39.7 Å². The molecule has 1 aromatic rings. The van der Waals surface area contributed by atoms with E-state index in [1.807, 2.05) is 39.0 Å². The Bertz CT molecular complexity index is 718. The van der Waals surface area contributed by atoms with Gasteiger partial charge in [-0.2, -0.15) is 0 Å². The minimum absolute atomic E-state index is 0.107. The highest BCUT2D eigenvalue weighted by Gasteiger charge is 2.30. The fourth-order valence-corrected chi connectivity index (χ4v) is 3.80. The molecule has 0 radical (unpaired) electrons. The Morgan fingerprint density at radius 2 is 2.08 bits per heavy atom. The topological polar surface area (TPSA) is 75.7 Å². The van der Waals surface area contributed by atoms with Crippen molar-refractivity contribution in [2.24, 2.45) is 5.92 Å². The minimum Gasteiger partial charge on any atom is -0.491 e. The summed E-state index contributed by atoms with van der Waals surface area (Å²) >= 11 is 0. The summed E-state index contributed by atoms with van der Waals surface area (Å²) in [4.78, 5) is 12.4. The maximum Gasteiger partial charge on any atom is 0.224 e. The summed E-state index contributed by atoms with van der Waals surface area (Å²) in [5, 5.41) is 2.93. The maximum atomic E-state index is 12.4. The zero-order valence-electron chi connectivity index (χ0n) is 15.4. The van der Waals surface area contributed by atoms with Crippen LogP contribution in [0.15, 0.2) is 18.2 Å². The van der Waals surface area contributed by atoms with E-state index in [0.717, 1.165) is 11.3 Å². The second-order valence-corrected chi connectivity index (χ2v) is 8.91. The molecule has 0 aromatic heterocycles. The smallest absolute Gasteiger partial charge is 0.224 e. The van der Waals surface area contributed by atoms with Gasteiger partial charge >= 0.3 is 0 Å². The van der Waals surface area contributed by atoms with E-state index < -0.39 is 10.0 Å². The van der Waals surface area contributed by atoms with Gasteiger partial charge in [0.15, 0.2) is 0 Å². The van der Waals surface area contributed by atoms with Gasteiger partial charge in [0.2, 0.25) is 15.9 Å². The van der Waals surface area contributed by atoms with E-state index >= 15 is 0 Å². The number of sulfonamides is 1. The van der Waals surface area contributed by atoms with Crippen molar-refractivity contribution in [3.05, 3.63) is 29.3 Å². The van der Waals surface area contributed by atoms with Gasteiger partial charge in [-0.15, -0.1) is 0 Å². The van der Waals surface area contributed by atoms with Crippen LogP contribution in [0.25, 0.3) is 0 Å². The lowest BCUT2D eigenvalue weighted by Gasteiger charge is -2.30. The van der Waals surface area contributed by atoms with Crippen molar-refractivity contribution in [1.29, 1.82) is 0 Å². The van der Waals surface area contributed by atoms with E-state index in [1.54, 1.807) is 0 Å². The van der Waals surface area contributed by atoms with Crippen molar-refractivity contribution in [3.63, 3.8) is 0 Å². The van der Waals surface area contributed by atoms with Crippen LogP contribution in [0.4, 0.5) is 0 Å². The zero-order chi connectivity index (χ0) is 18.6. The average Bonchev–Trinajstić information content (AvgIpc) is 2.55. The summed E-state index contributed by atoms with van der Waals surface area (Å²) in [5.74, 6) is 0.377. The lowest BCUT2D eigenvalue weighted by molar-refractivity contribution is -0.126. The number of nitrogens with one attached hydrogen (secondary N) is 1. The first kappa shape index (κ1) is 19.7. The van der Waals surface area contributed by atoms with E-state index in [4.69, 9.17) is 4.74 Å². The molecule has 1 aliphatic rings. The predicted molar refractivity (Wildman–Crippen MR) is 98.2 cm³/mol. The molecule has 2 atom stereocenters. The fraction of sp³-hybridized carbons (Fsp3) is 0.611. The normalized spacial score (nSPS) is 20.1. The second-order valence-electron chi connectivity index (χ2n) is 6.93. The Morgan fingerprint density at radius 3 is 2.72 bits per heavy atom. The van der Waals surface area contributed by atoms with Crippen LogP contribution in [0, 0.1) is 19.8 Å². The number of piperidine rings is 1. The number of nitrogens with zero attached hydrogens (tertiary/aromatic N) is 1. The Morgan fingerprint density at radius 1 is 1.36 bits per heavy atom. The number of rotatable bonds is 6. The Hall–Kier alpha value is -1.60. The van der Waals surface area contributed by atoms with Gasteiger partial charge in [-0.05, 0) is 56.9 Å². The first-order valence-corrected chi connectivity index (χ1v) is 10.5. The molecule has 0 saturated carbocycles. The van der Waals surface area contributed by atoms with Crippen LogP contribution in [0.5, 0.6) is 5.75 Å². The molecule has 1 amide bonds. The molecule has 1 saturated heterocycles. The summed E-state index contributed by atoms with van der Waals surface area (Å²) in [6, 6.07) is 5.76. The molecule has 0 unspecified atom stereocenters. The van der Waals surface area contributed by atoms with Gasteiger partial charge in [0.25, 0.3) is 0 Å². The van der Waals surface area contributed by atoms with Crippen LogP contribution in [0.3, 0.4) is 0 Å². The van der Waals surface area contributed by atoms with Crippen LogP contribution >= 0.6 is 0 Å². The van der Waals surface area contributed by atoms with E-state index in [-0.39, 0.29) is 24.4 Å². The third-order valence-corrected chi connectivity index (χ3v) is 5.86. The summed E-state index contributed by atoms with van der Waals surface area (Å²) in [6.07, 6.45) is 2.61. The molecule has 0 bridgehead atoms. The summed E-state index contributed by atoms with van der Waals surface area (Å²) < 4.78 is 30.5. The molecule has 25 heavy (non-hydrogen) atoms. The van der Waals surface area contributed by atoms with Gasteiger partial charge < -0.3 is 10.1 Å². The highest BCUT2D eigenvalue weighted by atomic mass is 32.2. The molecule has 1 fully saturated rings. The Balaban J connectivity index is 1.84. The third-order valence-electron chi connectivity index (χ3n) is 4.59. The molecule has 1 N–H and O–H groups in total. The van der Waals surface area contributed by atoms with Crippen molar-refractivity contribution in [1.82, 2.24) is 9.62 Å². The van der Waals surface area contributed by atoms with Gasteiger partial charge in [0.05, 0.1) is 18.2 Å². The number of hydrogen-bond donors (Lipinski definition) is 1. The highest BCUT2D eigenvalue weighted by molar-refractivity contribution is 7.88. The van der Waals surface area contributed by atoms with Gasteiger partial charge in [0.1, 0.15) is 12.4 Å². The first-order chi connectivity index (χ1) is 11.7. The van der Waals surface area contributed by atoms with Gasteiger partial charge in [-0.1, -0.05) is 6.07 Å². The molecule has 0 aliphatic carbocycles. The standard InChI is InChI=1S/C18H28N2O4S/c1-13-7-8-17(10-14(13)2)24-12-15(3)19-18(21)16-6-5-9-20(11-16)25(4,22)23/h7-8,10,15-16H,5-6,9,11-12H2,1-4H3,(H,19,21)/t15-,16-/m0/s1. The quantitative estimate of drug-likeness (QED) is 0.832. The van der Waals surface area contributed by atoms with Gasteiger partial charge in [0, 0.05) is 13.1 Å².